The summed E-state index contributed by atoms with van der Waals surface area (Å²) in [4.78, 5) is 15.0. The Bertz CT molecular complexity index is 649. The summed E-state index contributed by atoms with van der Waals surface area (Å²) in [6.07, 6.45) is 0.965. The number of carboxylic acid groups (broad SMARTS) is 1. The van der Waals surface area contributed by atoms with Crippen LogP contribution >= 0.6 is 11.6 Å². The molecule has 1 aromatic carbocycles. The predicted octanol–water partition coefficient (Wildman–Crippen LogP) is 1.35. The summed E-state index contributed by atoms with van der Waals surface area (Å²) < 4.78 is 23.3. The van der Waals surface area contributed by atoms with Crippen molar-refractivity contribution in [3.05, 3.63) is 34.9 Å². The van der Waals surface area contributed by atoms with E-state index in [2.05, 4.69) is 9.80 Å². The summed E-state index contributed by atoms with van der Waals surface area (Å²) in [6.45, 7) is 4.69. The maximum absolute atomic E-state index is 11.7. The molecule has 0 spiro atoms. The van der Waals surface area contributed by atoms with Crippen LogP contribution in [0.2, 0.25) is 5.02 Å². The number of rotatable bonds is 7. The molecule has 0 radical (unpaired) electrons. The highest BCUT2D eigenvalue weighted by Crippen LogP contribution is 2.13. The van der Waals surface area contributed by atoms with E-state index in [1.165, 1.54) is 5.56 Å². The van der Waals surface area contributed by atoms with Crippen LogP contribution in [0.3, 0.4) is 0 Å². The van der Waals surface area contributed by atoms with Crippen molar-refractivity contribution in [2.75, 3.05) is 44.2 Å². The van der Waals surface area contributed by atoms with Gasteiger partial charge in [0, 0.05) is 31.2 Å². The number of halogens is 1. The summed E-state index contributed by atoms with van der Waals surface area (Å²) in [6, 6.07) is 7.80. The van der Waals surface area contributed by atoms with Gasteiger partial charge in [-0.15, -0.1) is 0 Å². The van der Waals surface area contributed by atoms with E-state index in [-0.39, 0.29) is 5.75 Å². The molecule has 1 N–H and O–H groups in total. The third kappa shape index (κ3) is 6.76. The molecule has 0 aromatic heterocycles. The molecule has 0 atom stereocenters. The van der Waals surface area contributed by atoms with Crippen LogP contribution in [-0.2, 0) is 21.2 Å². The van der Waals surface area contributed by atoms with E-state index in [0.29, 0.717) is 6.54 Å². The molecule has 0 saturated carbocycles. The molecule has 1 aliphatic rings. The van der Waals surface area contributed by atoms with Gasteiger partial charge in [0.25, 0.3) is 0 Å². The van der Waals surface area contributed by atoms with Crippen molar-refractivity contribution in [3.63, 3.8) is 0 Å². The monoisotopic (exact) mass is 374 g/mol. The van der Waals surface area contributed by atoms with E-state index < -0.39 is 21.6 Å². The van der Waals surface area contributed by atoms with Crippen molar-refractivity contribution in [1.82, 2.24) is 9.80 Å². The Balaban J connectivity index is 1.80. The van der Waals surface area contributed by atoms with Gasteiger partial charge in [0.2, 0.25) is 0 Å². The second kappa shape index (κ2) is 8.80. The first kappa shape index (κ1) is 19.2. The Labute approximate surface area is 147 Å². The van der Waals surface area contributed by atoms with Gasteiger partial charge in [0.15, 0.2) is 9.84 Å². The Morgan fingerprint density at radius 2 is 1.71 bits per heavy atom. The van der Waals surface area contributed by atoms with E-state index in [9.17, 15) is 13.2 Å². The molecule has 0 unspecified atom stereocenters. The second-order valence-electron chi connectivity index (χ2n) is 6.08. The Kier molecular flexibility index (Phi) is 7.03. The number of hydrogen-bond donors (Lipinski definition) is 1. The van der Waals surface area contributed by atoms with Crippen LogP contribution in [0.1, 0.15) is 12.0 Å². The van der Waals surface area contributed by atoms with Gasteiger partial charge in [-0.05, 0) is 37.2 Å². The number of aliphatic carboxylic acids is 1. The van der Waals surface area contributed by atoms with E-state index >= 15 is 0 Å². The van der Waals surface area contributed by atoms with Crippen molar-refractivity contribution in [1.29, 1.82) is 0 Å². The number of carbonyl (C=O) groups is 1. The Hall–Kier alpha value is -1.15. The Morgan fingerprint density at radius 3 is 2.38 bits per heavy atom. The molecule has 1 saturated heterocycles. The molecule has 0 bridgehead atoms. The SMILES string of the molecule is O=C(O)CS(=O)(=O)CCN1CCCN(Cc2ccc(Cl)cc2)CC1. The highest BCUT2D eigenvalue weighted by atomic mass is 35.5. The second-order valence-corrected chi connectivity index (χ2v) is 8.70. The molecule has 8 heteroatoms. The smallest absolute Gasteiger partial charge is 0.318 e. The van der Waals surface area contributed by atoms with Gasteiger partial charge in [-0.2, -0.15) is 0 Å². The van der Waals surface area contributed by atoms with Crippen molar-refractivity contribution < 1.29 is 18.3 Å². The molecular formula is C16H23ClN2O4S. The lowest BCUT2D eigenvalue weighted by Crippen LogP contribution is -2.34. The van der Waals surface area contributed by atoms with Crippen molar-refractivity contribution in [2.24, 2.45) is 0 Å². The normalized spacial score (nSPS) is 17.5. The summed E-state index contributed by atoms with van der Waals surface area (Å²) in [5.41, 5.74) is 1.21. The molecule has 2 rings (SSSR count). The van der Waals surface area contributed by atoms with Crippen molar-refractivity contribution in [3.8, 4) is 0 Å². The van der Waals surface area contributed by atoms with Gasteiger partial charge in [-0.25, -0.2) is 8.42 Å². The van der Waals surface area contributed by atoms with Crippen LogP contribution in [0.25, 0.3) is 0 Å². The minimum atomic E-state index is -3.53. The van der Waals surface area contributed by atoms with Crippen LogP contribution in [0.5, 0.6) is 0 Å². The van der Waals surface area contributed by atoms with E-state index in [0.717, 1.165) is 44.2 Å². The number of hydrogen-bond acceptors (Lipinski definition) is 5. The maximum Gasteiger partial charge on any atom is 0.318 e. The maximum atomic E-state index is 11.7. The molecule has 6 nitrogen and oxygen atoms in total. The fraction of sp³-hybridized carbons (Fsp3) is 0.562. The number of sulfone groups is 1. The summed E-state index contributed by atoms with van der Waals surface area (Å²) in [5, 5.41) is 9.34. The molecular weight excluding hydrogens is 352 g/mol. The summed E-state index contributed by atoms with van der Waals surface area (Å²) in [7, 11) is -3.53. The third-order valence-corrected chi connectivity index (χ3v) is 5.81. The topological polar surface area (TPSA) is 77.9 Å². The minimum absolute atomic E-state index is 0.101. The number of benzene rings is 1. The third-order valence-electron chi connectivity index (χ3n) is 4.06. The molecule has 24 heavy (non-hydrogen) atoms. The van der Waals surface area contributed by atoms with Crippen molar-refractivity contribution >= 4 is 27.4 Å². The van der Waals surface area contributed by atoms with Crippen LogP contribution in [-0.4, -0.2) is 73.5 Å². The number of nitrogens with zero attached hydrogens (tertiary/aromatic N) is 2. The lowest BCUT2D eigenvalue weighted by molar-refractivity contribution is -0.134. The van der Waals surface area contributed by atoms with Crippen LogP contribution in [0.4, 0.5) is 0 Å². The lowest BCUT2D eigenvalue weighted by Gasteiger charge is -2.21. The quantitative estimate of drug-likeness (QED) is 0.776. The van der Waals surface area contributed by atoms with E-state index in [1.54, 1.807) is 0 Å². The first-order valence-electron chi connectivity index (χ1n) is 7.95. The standard InChI is InChI=1S/C16H23ClN2O4S/c17-15-4-2-14(3-5-15)12-19-7-1-6-18(8-9-19)10-11-24(22,23)13-16(20)21/h2-5H,1,6-13H2,(H,20,21). The van der Waals surface area contributed by atoms with Gasteiger partial charge >= 0.3 is 5.97 Å². The van der Waals surface area contributed by atoms with Gasteiger partial charge in [-0.1, -0.05) is 23.7 Å². The summed E-state index contributed by atoms with van der Waals surface area (Å²) in [5.74, 6) is -2.18. The molecule has 1 aromatic rings. The van der Waals surface area contributed by atoms with Gasteiger partial charge in [0.05, 0.1) is 5.75 Å². The van der Waals surface area contributed by atoms with Crippen LogP contribution in [0.15, 0.2) is 24.3 Å². The molecule has 1 heterocycles. The molecule has 0 aliphatic carbocycles. The zero-order valence-corrected chi connectivity index (χ0v) is 15.1. The molecule has 0 amide bonds. The first-order chi connectivity index (χ1) is 11.3. The number of carboxylic acids is 1. The highest BCUT2D eigenvalue weighted by molar-refractivity contribution is 7.92. The highest BCUT2D eigenvalue weighted by Gasteiger charge is 2.20. The van der Waals surface area contributed by atoms with Crippen molar-refractivity contribution in [2.45, 2.75) is 13.0 Å². The Morgan fingerprint density at radius 1 is 1.08 bits per heavy atom. The predicted molar refractivity (Wildman–Crippen MR) is 94.1 cm³/mol. The first-order valence-corrected chi connectivity index (χ1v) is 10.2. The van der Waals surface area contributed by atoms with E-state index in [1.807, 2.05) is 24.3 Å². The fourth-order valence-corrected chi connectivity index (χ4v) is 3.97. The van der Waals surface area contributed by atoms with Gasteiger partial charge in [0.1, 0.15) is 5.75 Å². The minimum Gasteiger partial charge on any atom is -0.480 e. The van der Waals surface area contributed by atoms with Crippen LogP contribution in [0, 0.1) is 0 Å². The molecule has 1 fully saturated rings. The molecule has 134 valence electrons. The van der Waals surface area contributed by atoms with Crippen LogP contribution < -0.4 is 0 Å². The molecule has 1 aliphatic heterocycles. The average molecular weight is 375 g/mol. The summed E-state index contributed by atoms with van der Waals surface area (Å²) >= 11 is 5.90. The zero-order chi connectivity index (χ0) is 17.6. The fourth-order valence-electron chi connectivity index (χ4n) is 2.78. The van der Waals surface area contributed by atoms with Gasteiger partial charge < -0.3 is 10.0 Å². The average Bonchev–Trinajstić information content (AvgIpc) is 2.72. The zero-order valence-electron chi connectivity index (χ0n) is 13.5. The largest absolute Gasteiger partial charge is 0.480 e. The van der Waals surface area contributed by atoms with E-state index in [4.69, 9.17) is 16.7 Å². The lowest BCUT2D eigenvalue weighted by atomic mass is 10.2. The van der Waals surface area contributed by atoms with Gasteiger partial charge in [-0.3, -0.25) is 9.69 Å².